The second-order valence-corrected chi connectivity index (χ2v) is 7.74. The maximum Gasteiger partial charge on any atom is 0.0133 e. The van der Waals surface area contributed by atoms with Gasteiger partial charge >= 0.3 is 0 Å². The molecule has 0 aliphatic rings. The third-order valence-electron chi connectivity index (χ3n) is 5.32. The summed E-state index contributed by atoms with van der Waals surface area (Å²) in [6.45, 7) is 14.3. The van der Waals surface area contributed by atoms with Crippen LogP contribution in [0.25, 0.3) is 0 Å². The van der Waals surface area contributed by atoms with Gasteiger partial charge in [-0.2, -0.15) is 0 Å². The molecule has 0 aromatic heterocycles. The molecule has 0 aromatic rings. The zero-order chi connectivity index (χ0) is 18.6. The molecule has 0 rings (SSSR count). The first-order valence-electron chi connectivity index (χ1n) is 11.8. The summed E-state index contributed by atoms with van der Waals surface area (Å²) in [4.78, 5) is 0. The van der Waals surface area contributed by atoms with Crippen LogP contribution in [-0.4, -0.2) is 36.2 Å². The summed E-state index contributed by atoms with van der Waals surface area (Å²) in [5.74, 6) is 0. The lowest BCUT2D eigenvalue weighted by molar-refractivity contribution is -0.0250. The van der Waals surface area contributed by atoms with Crippen molar-refractivity contribution in [3.8, 4) is 0 Å². The smallest absolute Gasteiger partial charge is 0.0133 e. The second-order valence-electron chi connectivity index (χ2n) is 7.74. The molecule has 0 aliphatic carbocycles. The number of hydrogen-bond donors (Lipinski definition) is 0. The van der Waals surface area contributed by atoms with Crippen molar-refractivity contribution in [1.29, 1.82) is 0 Å². The van der Waals surface area contributed by atoms with Crippen molar-refractivity contribution in [3.63, 3.8) is 0 Å². The first kappa shape index (κ1) is 24.9. The minimum atomic E-state index is 1.18. The van der Waals surface area contributed by atoms with E-state index in [2.05, 4.69) is 37.7 Å². The van der Waals surface area contributed by atoms with Crippen LogP contribution in [-0.2, 0) is 0 Å². The fourth-order valence-electron chi connectivity index (χ4n) is 3.59. The highest BCUT2D eigenvalue weighted by Gasteiger charge is 2.12. The standard InChI is InChI=1S/C23H50N2/c1-5-9-12-15-17-19-21-24(8-4)25(22-18-14-11-7-3)23-20-16-13-10-6-2/h5-23H2,1-4H3. The average molecular weight is 355 g/mol. The Hall–Kier alpha value is -0.0800. The molecule has 0 amide bonds. The molecule has 2 heteroatoms. The maximum atomic E-state index is 2.70. The Morgan fingerprint density at radius 3 is 1.08 bits per heavy atom. The van der Waals surface area contributed by atoms with Gasteiger partial charge in [-0.05, 0) is 19.3 Å². The van der Waals surface area contributed by atoms with Gasteiger partial charge in [-0.25, -0.2) is 10.0 Å². The van der Waals surface area contributed by atoms with Gasteiger partial charge in [-0.3, -0.25) is 0 Å². The van der Waals surface area contributed by atoms with Crippen LogP contribution in [0.4, 0.5) is 0 Å². The van der Waals surface area contributed by atoms with Crippen LogP contribution in [0.15, 0.2) is 0 Å². The lowest BCUT2D eigenvalue weighted by Crippen LogP contribution is -2.44. The summed E-state index contributed by atoms with van der Waals surface area (Å²) in [5.41, 5.74) is 0. The van der Waals surface area contributed by atoms with Crippen molar-refractivity contribution in [2.24, 2.45) is 0 Å². The highest BCUT2D eigenvalue weighted by atomic mass is 15.6. The lowest BCUT2D eigenvalue weighted by atomic mass is 10.1. The van der Waals surface area contributed by atoms with Gasteiger partial charge < -0.3 is 0 Å². The summed E-state index contributed by atoms with van der Waals surface area (Å²) >= 11 is 0. The number of nitrogens with zero attached hydrogens (tertiary/aromatic N) is 2. The minimum absolute atomic E-state index is 1.18. The van der Waals surface area contributed by atoms with Crippen LogP contribution >= 0.6 is 0 Å². The summed E-state index contributed by atoms with van der Waals surface area (Å²) in [6.07, 6.45) is 20.9. The normalized spacial score (nSPS) is 11.8. The Bertz CT molecular complexity index is 242. The van der Waals surface area contributed by atoms with E-state index in [0.717, 1.165) is 0 Å². The van der Waals surface area contributed by atoms with E-state index in [1.807, 2.05) is 0 Å². The molecule has 0 unspecified atom stereocenters. The maximum absolute atomic E-state index is 2.70. The molecule has 0 fully saturated rings. The van der Waals surface area contributed by atoms with Crippen molar-refractivity contribution in [2.75, 3.05) is 26.2 Å². The van der Waals surface area contributed by atoms with Gasteiger partial charge in [0.05, 0.1) is 0 Å². The highest BCUT2D eigenvalue weighted by molar-refractivity contribution is 4.60. The Labute approximate surface area is 160 Å². The molecule has 2 nitrogen and oxygen atoms in total. The van der Waals surface area contributed by atoms with Crippen LogP contribution in [0.3, 0.4) is 0 Å². The van der Waals surface area contributed by atoms with Crippen LogP contribution in [0, 0.1) is 0 Å². The molecule has 0 bridgehead atoms. The van der Waals surface area contributed by atoms with Crippen molar-refractivity contribution < 1.29 is 0 Å². The molecule has 0 spiro atoms. The number of hydrogen-bond acceptors (Lipinski definition) is 2. The van der Waals surface area contributed by atoms with Gasteiger partial charge in [0, 0.05) is 26.2 Å². The van der Waals surface area contributed by atoms with E-state index >= 15 is 0 Å². The van der Waals surface area contributed by atoms with E-state index in [1.165, 1.54) is 122 Å². The van der Waals surface area contributed by atoms with Crippen LogP contribution in [0.2, 0.25) is 0 Å². The van der Waals surface area contributed by atoms with Gasteiger partial charge in [0.25, 0.3) is 0 Å². The summed E-state index contributed by atoms with van der Waals surface area (Å²) in [7, 11) is 0. The van der Waals surface area contributed by atoms with E-state index in [4.69, 9.17) is 0 Å². The van der Waals surface area contributed by atoms with Crippen molar-refractivity contribution in [3.05, 3.63) is 0 Å². The van der Waals surface area contributed by atoms with Gasteiger partial charge in [0.15, 0.2) is 0 Å². The second kappa shape index (κ2) is 20.2. The Morgan fingerprint density at radius 1 is 0.360 bits per heavy atom. The molecule has 152 valence electrons. The Balaban J connectivity index is 4.14. The monoisotopic (exact) mass is 354 g/mol. The number of hydrazine groups is 1. The predicted molar refractivity (Wildman–Crippen MR) is 115 cm³/mol. The Kier molecular flexibility index (Phi) is 20.2. The molecule has 0 aromatic carbocycles. The first-order valence-corrected chi connectivity index (χ1v) is 11.8. The molecule has 0 radical (unpaired) electrons. The summed E-state index contributed by atoms with van der Waals surface area (Å²) in [5, 5.41) is 5.36. The van der Waals surface area contributed by atoms with Gasteiger partial charge in [-0.1, -0.05) is 105 Å². The zero-order valence-corrected chi connectivity index (χ0v) is 18.3. The SMILES string of the molecule is CCCCCCCCN(CC)N(CCCCCC)CCCCCCC. The van der Waals surface area contributed by atoms with Crippen molar-refractivity contribution >= 4 is 0 Å². The predicted octanol–water partition coefficient (Wildman–Crippen LogP) is 7.44. The van der Waals surface area contributed by atoms with E-state index in [-0.39, 0.29) is 0 Å². The Morgan fingerprint density at radius 2 is 0.680 bits per heavy atom. The fraction of sp³-hybridized carbons (Fsp3) is 1.00. The number of unbranched alkanes of at least 4 members (excludes halogenated alkanes) is 12. The molecule has 0 aliphatic heterocycles. The molecule has 0 heterocycles. The minimum Gasteiger partial charge on any atom is -0.242 e. The van der Waals surface area contributed by atoms with Crippen molar-refractivity contribution in [2.45, 2.75) is 124 Å². The first-order chi connectivity index (χ1) is 12.3. The average Bonchev–Trinajstić information content (AvgIpc) is 2.63. The zero-order valence-electron chi connectivity index (χ0n) is 18.3. The van der Waals surface area contributed by atoms with Gasteiger partial charge in [-0.15, -0.1) is 0 Å². The topological polar surface area (TPSA) is 6.48 Å². The molecular formula is C23H50N2. The molecule has 0 saturated heterocycles. The quantitative estimate of drug-likeness (QED) is 0.165. The molecule has 0 N–H and O–H groups in total. The third-order valence-corrected chi connectivity index (χ3v) is 5.32. The summed E-state index contributed by atoms with van der Waals surface area (Å²) < 4.78 is 0. The van der Waals surface area contributed by atoms with Gasteiger partial charge in [0.1, 0.15) is 0 Å². The highest BCUT2D eigenvalue weighted by Crippen LogP contribution is 2.11. The molecular weight excluding hydrogens is 304 g/mol. The van der Waals surface area contributed by atoms with E-state index < -0.39 is 0 Å². The van der Waals surface area contributed by atoms with Crippen LogP contribution in [0.1, 0.15) is 124 Å². The molecule has 0 atom stereocenters. The third kappa shape index (κ3) is 15.9. The summed E-state index contributed by atoms with van der Waals surface area (Å²) in [6, 6.07) is 0. The lowest BCUT2D eigenvalue weighted by Gasteiger charge is -2.34. The van der Waals surface area contributed by atoms with Crippen LogP contribution < -0.4 is 0 Å². The fourth-order valence-corrected chi connectivity index (χ4v) is 3.59. The molecule has 25 heavy (non-hydrogen) atoms. The number of rotatable bonds is 20. The van der Waals surface area contributed by atoms with E-state index in [0.29, 0.717) is 0 Å². The van der Waals surface area contributed by atoms with E-state index in [9.17, 15) is 0 Å². The molecule has 0 saturated carbocycles. The van der Waals surface area contributed by atoms with Crippen LogP contribution in [0.5, 0.6) is 0 Å². The van der Waals surface area contributed by atoms with E-state index in [1.54, 1.807) is 0 Å². The van der Waals surface area contributed by atoms with Gasteiger partial charge in [0.2, 0.25) is 0 Å². The largest absolute Gasteiger partial charge is 0.242 e. The van der Waals surface area contributed by atoms with Crippen molar-refractivity contribution in [1.82, 2.24) is 10.0 Å².